The number of primary amides is 1. The zero-order valence-electron chi connectivity index (χ0n) is 16.1. The number of carbonyl (C=O) groups is 3. The van der Waals surface area contributed by atoms with Crippen molar-refractivity contribution in [3.63, 3.8) is 0 Å². The fourth-order valence-corrected chi connectivity index (χ4v) is 4.54. The van der Waals surface area contributed by atoms with Gasteiger partial charge in [-0.1, -0.05) is 18.2 Å². The monoisotopic (exact) mass is 401 g/mol. The number of hydrogen-bond acceptors (Lipinski definition) is 6. The highest BCUT2D eigenvalue weighted by Crippen LogP contribution is 2.34. The summed E-state index contributed by atoms with van der Waals surface area (Å²) in [5, 5.41) is 3.06. The highest BCUT2D eigenvalue weighted by molar-refractivity contribution is 7.18. The fourth-order valence-electron chi connectivity index (χ4n) is 3.48. The predicted molar refractivity (Wildman–Crippen MR) is 109 cm³/mol. The van der Waals surface area contributed by atoms with Crippen LogP contribution in [0, 0.1) is 6.92 Å². The van der Waals surface area contributed by atoms with E-state index in [9.17, 15) is 14.4 Å². The van der Waals surface area contributed by atoms with Gasteiger partial charge in [-0.25, -0.2) is 4.79 Å². The van der Waals surface area contributed by atoms with E-state index in [1.54, 1.807) is 13.8 Å². The maximum Gasteiger partial charge on any atom is 0.341 e. The average molecular weight is 401 g/mol. The number of rotatable bonds is 6. The van der Waals surface area contributed by atoms with E-state index in [4.69, 9.17) is 10.5 Å². The van der Waals surface area contributed by atoms with Crippen LogP contribution in [0.4, 0.5) is 10.7 Å². The number of anilines is 2. The number of nitrogens with zero attached hydrogens (tertiary/aromatic N) is 1. The molecule has 2 heterocycles. The number of para-hydroxylation sites is 1. The lowest BCUT2D eigenvalue weighted by atomic mass is 10.1. The molecule has 1 aromatic heterocycles. The molecule has 1 atom stereocenters. The molecule has 28 heavy (non-hydrogen) atoms. The average Bonchev–Trinajstić information content (AvgIpc) is 3.12. The van der Waals surface area contributed by atoms with E-state index in [0.717, 1.165) is 23.4 Å². The van der Waals surface area contributed by atoms with Crippen LogP contribution >= 0.6 is 11.3 Å². The third-order valence-corrected chi connectivity index (χ3v) is 5.99. The number of nitrogens with one attached hydrogen (secondary N) is 1. The van der Waals surface area contributed by atoms with E-state index in [1.165, 1.54) is 5.56 Å². The van der Waals surface area contributed by atoms with Crippen molar-refractivity contribution < 1.29 is 19.1 Å². The molecular formula is C20H23N3O4S. The summed E-state index contributed by atoms with van der Waals surface area (Å²) in [5.74, 6) is -1.50. The van der Waals surface area contributed by atoms with Crippen LogP contribution in [0.3, 0.4) is 0 Å². The van der Waals surface area contributed by atoms with Crippen LogP contribution in [0.15, 0.2) is 24.3 Å². The first-order valence-corrected chi connectivity index (χ1v) is 9.89. The van der Waals surface area contributed by atoms with Gasteiger partial charge in [0.1, 0.15) is 5.00 Å². The van der Waals surface area contributed by atoms with Gasteiger partial charge in [-0.15, -0.1) is 11.3 Å². The Kier molecular flexibility index (Phi) is 5.69. The van der Waals surface area contributed by atoms with E-state index < -0.39 is 11.9 Å². The maximum absolute atomic E-state index is 12.7. The molecule has 0 unspecified atom stereocenters. The van der Waals surface area contributed by atoms with Gasteiger partial charge in [0, 0.05) is 11.7 Å². The molecule has 0 spiro atoms. The molecule has 1 aromatic carbocycles. The van der Waals surface area contributed by atoms with Crippen molar-refractivity contribution in [3.8, 4) is 0 Å². The predicted octanol–water partition coefficient (Wildman–Crippen LogP) is 2.72. The summed E-state index contributed by atoms with van der Waals surface area (Å²) in [5.41, 5.74) is 8.25. The summed E-state index contributed by atoms with van der Waals surface area (Å²) in [4.78, 5) is 39.0. The Morgan fingerprint density at radius 3 is 2.71 bits per heavy atom. The molecule has 2 amide bonds. The van der Waals surface area contributed by atoms with E-state index in [-0.39, 0.29) is 40.5 Å². The standard InChI is InChI=1S/C20H23N3O4S/c1-4-27-20(26)16-12(3)17(18(21)25)28-19(16)22-15(24)10-23-11(2)9-13-7-5-6-8-14(13)23/h5-8,11H,4,9-10H2,1-3H3,(H2,21,25)(H,22,24)/t11-/m1/s1. The molecule has 1 aliphatic rings. The Balaban J connectivity index is 1.83. The zero-order chi connectivity index (χ0) is 20.4. The summed E-state index contributed by atoms with van der Waals surface area (Å²) >= 11 is 0.995. The van der Waals surface area contributed by atoms with E-state index in [1.807, 2.05) is 23.1 Å². The number of ether oxygens (including phenoxy) is 1. The van der Waals surface area contributed by atoms with Gasteiger partial charge < -0.3 is 20.7 Å². The van der Waals surface area contributed by atoms with E-state index >= 15 is 0 Å². The molecule has 0 radical (unpaired) electrons. The van der Waals surface area contributed by atoms with Crippen LogP contribution in [0.5, 0.6) is 0 Å². The van der Waals surface area contributed by atoms with Crippen LogP contribution in [-0.2, 0) is 16.0 Å². The first-order chi connectivity index (χ1) is 13.3. The van der Waals surface area contributed by atoms with Crippen molar-refractivity contribution in [2.45, 2.75) is 33.2 Å². The van der Waals surface area contributed by atoms with Gasteiger partial charge in [0.25, 0.3) is 5.91 Å². The van der Waals surface area contributed by atoms with Gasteiger partial charge in [0.15, 0.2) is 0 Å². The third kappa shape index (κ3) is 3.73. The quantitative estimate of drug-likeness (QED) is 0.725. The first-order valence-electron chi connectivity index (χ1n) is 9.08. The summed E-state index contributed by atoms with van der Waals surface area (Å²) in [7, 11) is 0. The zero-order valence-corrected chi connectivity index (χ0v) is 16.9. The second-order valence-electron chi connectivity index (χ2n) is 6.70. The van der Waals surface area contributed by atoms with Gasteiger partial charge in [0.2, 0.25) is 5.91 Å². The van der Waals surface area contributed by atoms with Gasteiger partial charge >= 0.3 is 5.97 Å². The lowest BCUT2D eigenvalue weighted by Crippen LogP contribution is -2.37. The number of amides is 2. The minimum absolute atomic E-state index is 0.142. The van der Waals surface area contributed by atoms with Crippen LogP contribution in [0.2, 0.25) is 0 Å². The topological polar surface area (TPSA) is 102 Å². The molecule has 2 aromatic rings. The number of esters is 1. The fraction of sp³-hybridized carbons (Fsp3) is 0.350. The molecule has 3 N–H and O–H groups in total. The molecule has 0 saturated carbocycles. The van der Waals surface area contributed by atoms with Crippen LogP contribution in [-0.4, -0.2) is 37.0 Å². The largest absolute Gasteiger partial charge is 0.462 e. The first kappa shape index (κ1) is 19.9. The molecule has 7 nitrogen and oxygen atoms in total. The minimum atomic E-state index is -0.643. The number of nitrogens with two attached hydrogens (primary N) is 1. The molecule has 3 rings (SSSR count). The minimum Gasteiger partial charge on any atom is -0.462 e. The van der Waals surface area contributed by atoms with Crippen molar-refractivity contribution >= 4 is 39.8 Å². The molecule has 0 fully saturated rings. The summed E-state index contributed by atoms with van der Waals surface area (Å²) in [6.07, 6.45) is 0.876. The van der Waals surface area contributed by atoms with Crippen molar-refractivity contribution in [1.29, 1.82) is 0 Å². The van der Waals surface area contributed by atoms with Crippen molar-refractivity contribution in [1.82, 2.24) is 0 Å². The molecule has 0 saturated heterocycles. The van der Waals surface area contributed by atoms with Crippen LogP contribution < -0.4 is 16.0 Å². The molecule has 8 heteroatoms. The normalized spacial score (nSPS) is 15.2. The maximum atomic E-state index is 12.7. The lowest BCUT2D eigenvalue weighted by Gasteiger charge is -2.24. The summed E-state index contributed by atoms with van der Waals surface area (Å²) < 4.78 is 5.07. The number of carbonyl (C=O) groups excluding carboxylic acids is 3. The van der Waals surface area contributed by atoms with Crippen molar-refractivity contribution in [3.05, 3.63) is 45.8 Å². The SMILES string of the molecule is CCOC(=O)c1c(NC(=O)CN2c3ccccc3C[C@H]2C)sc(C(N)=O)c1C. The van der Waals surface area contributed by atoms with E-state index in [2.05, 4.69) is 18.3 Å². The van der Waals surface area contributed by atoms with E-state index in [0.29, 0.717) is 5.56 Å². The van der Waals surface area contributed by atoms with Gasteiger partial charge in [-0.2, -0.15) is 0 Å². The highest BCUT2D eigenvalue weighted by atomic mass is 32.1. The summed E-state index contributed by atoms with van der Waals surface area (Å²) in [6.45, 7) is 5.72. The van der Waals surface area contributed by atoms with Gasteiger partial charge in [0.05, 0.1) is 23.6 Å². The van der Waals surface area contributed by atoms with Gasteiger partial charge in [-0.05, 0) is 44.4 Å². The Morgan fingerprint density at radius 2 is 2.04 bits per heavy atom. The number of hydrogen-bond donors (Lipinski definition) is 2. The lowest BCUT2D eigenvalue weighted by molar-refractivity contribution is -0.115. The molecule has 1 aliphatic heterocycles. The van der Waals surface area contributed by atoms with Crippen LogP contribution in [0.1, 0.15) is 45.0 Å². The molecule has 0 aliphatic carbocycles. The number of thiophene rings is 1. The van der Waals surface area contributed by atoms with Crippen molar-refractivity contribution in [2.24, 2.45) is 5.73 Å². The smallest absolute Gasteiger partial charge is 0.341 e. The Hall–Kier alpha value is -2.87. The Bertz CT molecular complexity index is 938. The molecular weight excluding hydrogens is 378 g/mol. The Labute approximate surface area is 167 Å². The number of fused-ring (bicyclic) bond motifs is 1. The second kappa shape index (κ2) is 8.02. The third-order valence-electron chi connectivity index (χ3n) is 4.77. The van der Waals surface area contributed by atoms with Crippen molar-refractivity contribution in [2.75, 3.05) is 23.4 Å². The summed E-state index contributed by atoms with van der Waals surface area (Å²) in [6, 6.07) is 8.18. The molecule has 148 valence electrons. The molecule has 0 bridgehead atoms. The van der Waals surface area contributed by atoms with Gasteiger partial charge in [-0.3, -0.25) is 9.59 Å². The number of benzene rings is 1. The highest BCUT2D eigenvalue weighted by Gasteiger charge is 2.29. The van der Waals surface area contributed by atoms with Crippen LogP contribution in [0.25, 0.3) is 0 Å². The second-order valence-corrected chi connectivity index (χ2v) is 7.72. The Morgan fingerprint density at radius 1 is 1.32 bits per heavy atom.